The van der Waals surface area contributed by atoms with Gasteiger partial charge in [-0.25, -0.2) is 8.78 Å². The van der Waals surface area contributed by atoms with Gasteiger partial charge in [-0.1, -0.05) is 12.1 Å². The summed E-state index contributed by atoms with van der Waals surface area (Å²) in [7, 11) is 0. The van der Waals surface area contributed by atoms with Gasteiger partial charge in [-0.05, 0) is 42.8 Å². The Hall–Kier alpha value is -2.25. The Bertz CT molecular complexity index is 647. The Morgan fingerprint density at radius 2 is 2.00 bits per heavy atom. The van der Waals surface area contributed by atoms with E-state index in [0.717, 1.165) is 5.56 Å². The highest BCUT2D eigenvalue weighted by Gasteiger charge is 2.08. The zero-order valence-electron chi connectivity index (χ0n) is 11.0. The Morgan fingerprint density at radius 3 is 2.70 bits per heavy atom. The molecule has 0 saturated carbocycles. The van der Waals surface area contributed by atoms with Crippen molar-refractivity contribution < 1.29 is 8.78 Å². The fraction of sp³-hybridized carbons (Fsp3) is 0.188. The first-order chi connectivity index (χ1) is 9.60. The van der Waals surface area contributed by atoms with Crippen LogP contribution in [0.4, 0.5) is 8.78 Å². The minimum absolute atomic E-state index is 0.115. The van der Waals surface area contributed by atoms with Gasteiger partial charge in [0.1, 0.15) is 11.6 Å². The summed E-state index contributed by atoms with van der Waals surface area (Å²) in [6.07, 6.45) is 0. The second-order valence-corrected chi connectivity index (χ2v) is 4.58. The maximum atomic E-state index is 13.6. The maximum Gasteiger partial charge on any atom is 0.127 e. The topological polar surface area (TPSA) is 35.8 Å². The Morgan fingerprint density at radius 1 is 1.20 bits per heavy atom. The molecule has 0 fully saturated rings. The summed E-state index contributed by atoms with van der Waals surface area (Å²) >= 11 is 0. The third-order valence-corrected chi connectivity index (χ3v) is 3.12. The fourth-order valence-electron chi connectivity index (χ4n) is 1.94. The molecule has 2 aromatic carbocycles. The van der Waals surface area contributed by atoms with Crippen molar-refractivity contribution in [1.29, 1.82) is 5.26 Å². The van der Waals surface area contributed by atoms with E-state index in [1.54, 1.807) is 6.07 Å². The smallest absolute Gasteiger partial charge is 0.127 e. The van der Waals surface area contributed by atoms with E-state index in [-0.39, 0.29) is 24.2 Å². The highest BCUT2D eigenvalue weighted by Crippen LogP contribution is 2.16. The van der Waals surface area contributed by atoms with Gasteiger partial charge in [0.05, 0.1) is 11.6 Å². The number of nitrogens with one attached hydrogen (secondary N) is 1. The van der Waals surface area contributed by atoms with E-state index >= 15 is 0 Å². The van der Waals surface area contributed by atoms with E-state index in [4.69, 9.17) is 5.26 Å². The first kappa shape index (κ1) is 14.2. The van der Waals surface area contributed by atoms with Crippen LogP contribution in [0.5, 0.6) is 0 Å². The molecule has 2 rings (SSSR count). The third-order valence-electron chi connectivity index (χ3n) is 3.12. The number of nitrogens with zero attached hydrogens (tertiary/aromatic N) is 1. The van der Waals surface area contributed by atoms with Gasteiger partial charge in [-0.15, -0.1) is 0 Å². The largest absolute Gasteiger partial charge is 0.306 e. The number of benzene rings is 2. The van der Waals surface area contributed by atoms with Crippen LogP contribution in [-0.2, 0) is 6.54 Å². The molecule has 0 aliphatic heterocycles. The summed E-state index contributed by atoms with van der Waals surface area (Å²) in [5.74, 6) is -0.656. The molecule has 0 saturated heterocycles. The van der Waals surface area contributed by atoms with E-state index < -0.39 is 0 Å². The minimum Gasteiger partial charge on any atom is -0.306 e. The number of hydrogen-bond donors (Lipinski definition) is 1. The summed E-state index contributed by atoms with van der Waals surface area (Å²) < 4.78 is 26.7. The molecule has 1 atom stereocenters. The van der Waals surface area contributed by atoms with Gasteiger partial charge in [0.2, 0.25) is 0 Å². The Kier molecular flexibility index (Phi) is 4.44. The molecule has 2 aromatic rings. The van der Waals surface area contributed by atoms with Crippen molar-refractivity contribution in [3.8, 4) is 6.07 Å². The van der Waals surface area contributed by atoms with Crippen LogP contribution in [0.2, 0.25) is 0 Å². The quantitative estimate of drug-likeness (QED) is 0.921. The van der Waals surface area contributed by atoms with Crippen molar-refractivity contribution in [3.05, 3.63) is 70.8 Å². The Labute approximate surface area is 116 Å². The van der Waals surface area contributed by atoms with Crippen LogP contribution in [0.3, 0.4) is 0 Å². The average Bonchev–Trinajstić information content (AvgIpc) is 2.46. The van der Waals surface area contributed by atoms with E-state index in [0.29, 0.717) is 11.1 Å². The average molecular weight is 272 g/mol. The lowest BCUT2D eigenvalue weighted by atomic mass is 10.1. The van der Waals surface area contributed by atoms with Gasteiger partial charge < -0.3 is 5.32 Å². The van der Waals surface area contributed by atoms with Crippen molar-refractivity contribution in [1.82, 2.24) is 5.32 Å². The van der Waals surface area contributed by atoms with Crippen LogP contribution in [0.15, 0.2) is 42.5 Å². The second kappa shape index (κ2) is 6.27. The van der Waals surface area contributed by atoms with Crippen LogP contribution < -0.4 is 5.32 Å². The lowest BCUT2D eigenvalue weighted by molar-refractivity contribution is 0.540. The van der Waals surface area contributed by atoms with Gasteiger partial charge in [0, 0.05) is 18.2 Å². The summed E-state index contributed by atoms with van der Waals surface area (Å²) in [5, 5.41) is 11.9. The molecule has 0 aromatic heterocycles. The van der Waals surface area contributed by atoms with Gasteiger partial charge >= 0.3 is 0 Å². The zero-order chi connectivity index (χ0) is 14.5. The molecular formula is C16H14F2N2. The van der Waals surface area contributed by atoms with E-state index in [1.165, 1.54) is 30.3 Å². The minimum atomic E-state index is -0.358. The first-order valence-electron chi connectivity index (χ1n) is 6.27. The SMILES string of the molecule is C[C@@H](NCc1cc(C#N)ccc1F)c1cccc(F)c1. The molecule has 0 heterocycles. The molecule has 1 N–H and O–H groups in total. The molecular weight excluding hydrogens is 258 g/mol. The normalized spacial score (nSPS) is 11.9. The number of nitriles is 1. The van der Waals surface area contributed by atoms with Crippen LogP contribution in [0, 0.1) is 23.0 Å². The first-order valence-corrected chi connectivity index (χ1v) is 6.27. The van der Waals surface area contributed by atoms with Crippen molar-refractivity contribution in [3.63, 3.8) is 0 Å². The molecule has 20 heavy (non-hydrogen) atoms. The fourth-order valence-corrected chi connectivity index (χ4v) is 1.94. The van der Waals surface area contributed by atoms with E-state index in [2.05, 4.69) is 5.32 Å². The standard InChI is InChI=1S/C16H14F2N2/c1-11(13-3-2-4-15(17)8-13)20-10-14-7-12(9-19)5-6-16(14)18/h2-8,11,20H,10H2,1H3/t11-/m1/s1. The van der Waals surface area contributed by atoms with Crippen molar-refractivity contribution in [2.45, 2.75) is 19.5 Å². The third kappa shape index (κ3) is 3.40. The number of hydrogen-bond acceptors (Lipinski definition) is 2. The van der Waals surface area contributed by atoms with Gasteiger partial charge in [-0.2, -0.15) is 5.26 Å². The van der Waals surface area contributed by atoms with Crippen LogP contribution >= 0.6 is 0 Å². The van der Waals surface area contributed by atoms with Crippen LogP contribution in [0.25, 0.3) is 0 Å². The molecule has 0 amide bonds. The highest BCUT2D eigenvalue weighted by molar-refractivity contribution is 5.33. The summed E-state index contributed by atoms with van der Waals surface area (Å²) in [4.78, 5) is 0. The summed E-state index contributed by atoms with van der Waals surface area (Å²) in [5.41, 5.74) is 1.63. The van der Waals surface area contributed by atoms with Crippen molar-refractivity contribution >= 4 is 0 Å². The highest BCUT2D eigenvalue weighted by atomic mass is 19.1. The van der Waals surface area contributed by atoms with Crippen LogP contribution in [0.1, 0.15) is 29.7 Å². The van der Waals surface area contributed by atoms with E-state index in [9.17, 15) is 8.78 Å². The molecule has 2 nitrogen and oxygen atoms in total. The molecule has 4 heteroatoms. The molecule has 102 valence electrons. The predicted molar refractivity (Wildman–Crippen MR) is 72.8 cm³/mol. The lowest BCUT2D eigenvalue weighted by Crippen LogP contribution is -2.19. The summed E-state index contributed by atoms with van der Waals surface area (Å²) in [6, 6.07) is 12.4. The van der Waals surface area contributed by atoms with Gasteiger partial charge in [0.15, 0.2) is 0 Å². The van der Waals surface area contributed by atoms with Gasteiger partial charge in [0.25, 0.3) is 0 Å². The molecule has 0 unspecified atom stereocenters. The molecule has 0 spiro atoms. The number of rotatable bonds is 4. The Balaban J connectivity index is 2.07. The molecule has 0 aliphatic carbocycles. The summed E-state index contributed by atoms with van der Waals surface area (Å²) in [6.45, 7) is 2.15. The van der Waals surface area contributed by atoms with E-state index in [1.807, 2.05) is 19.1 Å². The van der Waals surface area contributed by atoms with Crippen molar-refractivity contribution in [2.75, 3.05) is 0 Å². The lowest BCUT2D eigenvalue weighted by Gasteiger charge is -2.15. The van der Waals surface area contributed by atoms with Gasteiger partial charge in [-0.3, -0.25) is 0 Å². The molecule has 0 radical (unpaired) electrons. The second-order valence-electron chi connectivity index (χ2n) is 4.58. The predicted octanol–water partition coefficient (Wildman–Crippen LogP) is 3.69. The van der Waals surface area contributed by atoms with Crippen molar-refractivity contribution in [2.24, 2.45) is 0 Å². The molecule has 0 bridgehead atoms. The van der Waals surface area contributed by atoms with Crippen LogP contribution in [-0.4, -0.2) is 0 Å². The number of halogens is 2. The maximum absolute atomic E-state index is 13.6. The molecule has 0 aliphatic rings. The zero-order valence-corrected chi connectivity index (χ0v) is 11.0. The monoisotopic (exact) mass is 272 g/mol.